The maximum absolute atomic E-state index is 13.1. The fourth-order valence-corrected chi connectivity index (χ4v) is 3.97. The number of hydrogen-bond donors (Lipinski definition) is 1. The summed E-state index contributed by atoms with van der Waals surface area (Å²) < 4.78 is 11.7. The second kappa shape index (κ2) is 11.3. The first kappa shape index (κ1) is 23.3. The van der Waals surface area contributed by atoms with E-state index in [9.17, 15) is 9.59 Å². The van der Waals surface area contributed by atoms with E-state index in [1.807, 2.05) is 49.4 Å². The summed E-state index contributed by atoms with van der Waals surface area (Å²) in [6.45, 7) is 3.79. The lowest BCUT2D eigenvalue weighted by Gasteiger charge is -2.31. The predicted molar refractivity (Wildman–Crippen MR) is 130 cm³/mol. The van der Waals surface area contributed by atoms with Crippen molar-refractivity contribution in [1.29, 1.82) is 0 Å². The van der Waals surface area contributed by atoms with E-state index in [1.165, 1.54) is 0 Å². The number of carbonyl (C=O) groups excluding carboxylic acids is 2. The van der Waals surface area contributed by atoms with E-state index in [0.717, 1.165) is 11.3 Å². The number of hydrogen-bond acceptors (Lipinski definition) is 5. The topological polar surface area (TPSA) is 80.8 Å². The van der Waals surface area contributed by atoms with E-state index < -0.39 is 0 Å². The number of aromatic nitrogens is 1. The molecule has 34 heavy (non-hydrogen) atoms. The molecular formula is C27H29N3O4. The Bertz CT molecular complexity index is 1100. The minimum atomic E-state index is -0.105. The van der Waals surface area contributed by atoms with Gasteiger partial charge in [0.15, 0.2) is 11.5 Å². The molecule has 176 valence electrons. The number of benzene rings is 2. The molecule has 0 aliphatic carbocycles. The molecule has 0 unspecified atom stereocenters. The average molecular weight is 460 g/mol. The monoisotopic (exact) mass is 459 g/mol. The normalized spacial score (nSPS) is 13.9. The van der Waals surface area contributed by atoms with Crippen molar-refractivity contribution in [1.82, 2.24) is 9.88 Å². The van der Waals surface area contributed by atoms with Crippen LogP contribution in [0.5, 0.6) is 11.5 Å². The minimum Gasteiger partial charge on any atom is -0.490 e. The highest BCUT2D eigenvalue weighted by Gasteiger charge is 2.28. The number of ether oxygens (including phenoxy) is 2. The molecule has 7 heteroatoms. The van der Waals surface area contributed by atoms with Gasteiger partial charge in [-0.2, -0.15) is 0 Å². The van der Waals surface area contributed by atoms with Crippen LogP contribution in [-0.4, -0.2) is 41.4 Å². The van der Waals surface area contributed by atoms with E-state index in [2.05, 4.69) is 10.3 Å². The summed E-state index contributed by atoms with van der Waals surface area (Å²) in [5, 5.41) is 2.96. The largest absolute Gasteiger partial charge is 0.490 e. The Kier molecular flexibility index (Phi) is 7.75. The average Bonchev–Trinajstić information content (AvgIpc) is 2.89. The van der Waals surface area contributed by atoms with E-state index >= 15 is 0 Å². The van der Waals surface area contributed by atoms with Crippen LogP contribution in [0.15, 0.2) is 73.1 Å². The maximum atomic E-state index is 13.1. The van der Waals surface area contributed by atoms with Gasteiger partial charge in [0.25, 0.3) is 5.91 Å². The van der Waals surface area contributed by atoms with Crippen molar-refractivity contribution in [3.8, 4) is 11.5 Å². The first-order valence-electron chi connectivity index (χ1n) is 11.6. The second-order valence-corrected chi connectivity index (χ2v) is 8.17. The number of piperidine rings is 1. The molecule has 3 aromatic rings. The van der Waals surface area contributed by atoms with Crippen LogP contribution in [0.1, 0.15) is 35.7 Å². The number of nitrogens with one attached hydrogen (secondary N) is 1. The van der Waals surface area contributed by atoms with E-state index in [1.54, 1.807) is 35.5 Å². The summed E-state index contributed by atoms with van der Waals surface area (Å²) in [6, 6.07) is 18.5. The van der Waals surface area contributed by atoms with Gasteiger partial charge >= 0.3 is 0 Å². The van der Waals surface area contributed by atoms with Crippen LogP contribution in [0, 0.1) is 5.92 Å². The van der Waals surface area contributed by atoms with E-state index in [4.69, 9.17) is 9.47 Å². The molecular weight excluding hydrogens is 430 g/mol. The van der Waals surface area contributed by atoms with Gasteiger partial charge in [0, 0.05) is 48.2 Å². The molecule has 0 radical (unpaired) electrons. The number of nitrogens with zero attached hydrogens (tertiary/aromatic N) is 2. The Balaban J connectivity index is 1.36. The standard InChI is InChI=1S/C27H29N3O4/c1-2-33-25-17-22(10-11-24(25)34-19-20-7-6-14-28-18-20)27(32)30-15-12-21(13-16-30)26(31)29-23-8-4-3-5-9-23/h3-11,14,17-18,21H,2,12-13,15-16,19H2,1H3,(H,29,31). The van der Waals surface area contributed by atoms with Gasteiger partial charge in [0.1, 0.15) is 6.61 Å². The summed E-state index contributed by atoms with van der Waals surface area (Å²) >= 11 is 0. The van der Waals surface area contributed by atoms with Gasteiger partial charge in [-0.1, -0.05) is 24.3 Å². The van der Waals surface area contributed by atoms with Crippen LogP contribution in [0.4, 0.5) is 5.69 Å². The Labute approximate surface area is 199 Å². The quantitative estimate of drug-likeness (QED) is 0.535. The number of pyridine rings is 1. The van der Waals surface area contributed by atoms with Gasteiger partial charge in [-0.15, -0.1) is 0 Å². The van der Waals surface area contributed by atoms with Crippen molar-refractivity contribution in [2.24, 2.45) is 5.92 Å². The molecule has 1 N–H and O–H groups in total. The van der Waals surface area contributed by atoms with Gasteiger partial charge < -0.3 is 19.7 Å². The Morgan fingerprint density at radius 3 is 2.50 bits per heavy atom. The highest BCUT2D eigenvalue weighted by Crippen LogP contribution is 2.30. The van der Waals surface area contributed by atoms with Crippen molar-refractivity contribution >= 4 is 17.5 Å². The first-order chi connectivity index (χ1) is 16.6. The lowest BCUT2D eigenvalue weighted by Crippen LogP contribution is -2.41. The second-order valence-electron chi connectivity index (χ2n) is 8.17. The zero-order valence-corrected chi connectivity index (χ0v) is 19.3. The summed E-state index contributed by atoms with van der Waals surface area (Å²) in [5.74, 6) is 0.952. The lowest BCUT2D eigenvalue weighted by atomic mass is 9.95. The Hall–Kier alpha value is -3.87. The highest BCUT2D eigenvalue weighted by atomic mass is 16.5. The molecule has 1 aromatic heterocycles. The molecule has 7 nitrogen and oxygen atoms in total. The number of carbonyl (C=O) groups is 2. The van der Waals surface area contributed by atoms with Crippen LogP contribution < -0.4 is 14.8 Å². The van der Waals surface area contributed by atoms with Gasteiger partial charge in [-0.25, -0.2) is 0 Å². The SMILES string of the molecule is CCOc1cc(C(=O)N2CCC(C(=O)Nc3ccccc3)CC2)ccc1OCc1cccnc1. The van der Waals surface area contributed by atoms with Crippen molar-refractivity contribution < 1.29 is 19.1 Å². The molecule has 1 fully saturated rings. The molecule has 0 saturated carbocycles. The number of amides is 2. The fraction of sp³-hybridized carbons (Fsp3) is 0.296. The van der Waals surface area contributed by atoms with Gasteiger partial charge in [0.2, 0.25) is 5.91 Å². The summed E-state index contributed by atoms with van der Waals surface area (Å²) in [4.78, 5) is 31.6. The van der Waals surface area contributed by atoms with Gasteiger partial charge in [-0.05, 0) is 56.2 Å². The summed E-state index contributed by atoms with van der Waals surface area (Å²) in [7, 11) is 0. The van der Waals surface area contributed by atoms with Crippen molar-refractivity contribution in [3.63, 3.8) is 0 Å². The number of rotatable bonds is 8. The molecule has 4 rings (SSSR count). The molecule has 2 heterocycles. The molecule has 0 spiro atoms. The number of anilines is 1. The molecule has 0 bridgehead atoms. The van der Waals surface area contributed by atoms with E-state index in [0.29, 0.717) is 56.2 Å². The van der Waals surface area contributed by atoms with Crippen molar-refractivity contribution in [2.45, 2.75) is 26.4 Å². The third-order valence-electron chi connectivity index (χ3n) is 5.80. The van der Waals surface area contributed by atoms with Crippen LogP contribution in [0.2, 0.25) is 0 Å². The molecule has 1 aliphatic heterocycles. The maximum Gasteiger partial charge on any atom is 0.253 e. The predicted octanol–water partition coefficient (Wildman–Crippen LogP) is 4.55. The molecule has 2 aromatic carbocycles. The molecule has 0 atom stereocenters. The van der Waals surface area contributed by atoms with Gasteiger partial charge in [-0.3, -0.25) is 14.6 Å². The number of likely N-dealkylation sites (tertiary alicyclic amines) is 1. The third-order valence-corrected chi connectivity index (χ3v) is 5.80. The zero-order chi connectivity index (χ0) is 23.8. The van der Waals surface area contributed by atoms with Crippen LogP contribution in [-0.2, 0) is 11.4 Å². The van der Waals surface area contributed by atoms with Crippen molar-refractivity contribution in [3.05, 3.63) is 84.2 Å². The number of para-hydroxylation sites is 1. The summed E-state index contributed by atoms with van der Waals surface area (Å²) in [5.41, 5.74) is 2.29. The summed E-state index contributed by atoms with van der Waals surface area (Å²) in [6.07, 6.45) is 4.74. The third kappa shape index (κ3) is 5.92. The van der Waals surface area contributed by atoms with E-state index in [-0.39, 0.29) is 17.7 Å². The first-order valence-corrected chi connectivity index (χ1v) is 11.6. The highest BCUT2D eigenvalue weighted by molar-refractivity contribution is 5.96. The molecule has 1 saturated heterocycles. The molecule has 1 aliphatic rings. The fourth-order valence-electron chi connectivity index (χ4n) is 3.97. The van der Waals surface area contributed by atoms with Crippen molar-refractivity contribution in [2.75, 3.05) is 25.0 Å². The Morgan fingerprint density at radius 1 is 1.00 bits per heavy atom. The molecule has 2 amide bonds. The Morgan fingerprint density at radius 2 is 1.79 bits per heavy atom. The van der Waals surface area contributed by atoms with Gasteiger partial charge in [0.05, 0.1) is 6.61 Å². The minimum absolute atomic E-state index is 0.00653. The zero-order valence-electron chi connectivity index (χ0n) is 19.3. The van der Waals surface area contributed by atoms with Crippen LogP contribution >= 0.6 is 0 Å². The van der Waals surface area contributed by atoms with Crippen LogP contribution in [0.3, 0.4) is 0 Å². The lowest BCUT2D eigenvalue weighted by molar-refractivity contribution is -0.121. The van der Waals surface area contributed by atoms with Crippen LogP contribution in [0.25, 0.3) is 0 Å². The smallest absolute Gasteiger partial charge is 0.253 e.